The minimum atomic E-state index is -0.568. The standard InChI is InChI=1S/C10H10N2O2S.C6H5ClN2O2/c11-9-4-3-8(7-10(9)12(13)14)15-5-1-2-6-15;7-4-1-2-5(8)6(3-4)9(10)11/h1-7,15H,11H2;1-3H,8H2. The minimum absolute atomic E-state index is 0.0105. The molecule has 3 rings (SSSR count). The zero-order chi connectivity index (χ0) is 19.3. The van der Waals surface area contributed by atoms with E-state index in [9.17, 15) is 20.2 Å². The Morgan fingerprint density at radius 2 is 1.35 bits per heavy atom. The van der Waals surface area contributed by atoms with Crippen molar-refractivity contribution >= 4 is 45.2 Å². The number of rotatable bonds is 3. The molecule has 1 aliphatic rings. The van der Waals surface area contributed by atoms with Gasteiger partial charge in [0.25, 0.3) is 11.4 Å². The van der Waals surface area contributed by atoms with Gasteiger partial charge in [-0.15, -0.1) is 0 Å². The number of halogens is 1. The Morgan fingerprint density at radius 1 is 0.846 bits per heavy atom. The molecule has 0 aromatic heterocycles. The minimum Gasteiger partial charge on any atom is -0.393 e. The summed E-state index contributed by atoms with van der Waals surface area (Å²) in [6, 6.07) is 9.12. The Labute approximate surface area is 156 Å². The van der Waals surface area contributed by atoms with Crippen molar-refractivity contribution in [2.75, 3.05) is 11.5 Å². The summed E-state index contributed by atoms with van der Waals surface area (Å²) in [5.41, 5.74) is 11.0. The number of thiol groups is 1. The number of nitro benzene ring substituents is 2. The number of anilines is 2. The van der Waals surface area contributed by atoms with Crippen LogP contribution in [0.25, 0.3) is 0 Å². The second kappa shape index (κ2) is 8.37. The van der Waals surface area contributed by atoms with Gasteiger partial charge in [0, 0.05) is 22.1 Å². The van der Waals surface area contributed by atoms with Crippen LogP contribution in [0.5, 0.6) is 0 Å². The zero-order valence-electron chi connectivity index (χ0n) is 13.3. The van der Waals surface area contributed by atoms with Crippen molar-refractivity contribution in [1.82, 2.24) is 0 Å². The van der Waals surface area contributed by atoms with Crippen LogP contribution < -0.4 is 11.5 Å². The fourth-order valence-corrected chi connectivity index (χ4v) is 3.73. The predicted molar refractivity (Wildman–Crippen MR) is 106 cm³/mol. The van der Waals surface area contributed by atoms with Gasteiger partial charge in [0.1, 0.15) is 11.4 Å². The average Bonchev–Trinajstić information content (AvgIpc) is 3.12. The second-order valence-corrected chi connectivity index (χ2v) is 7.41. The average molecular weight is 395 g/mol. The van der Waals surface area contributed by atoms with E-state index < -0.39 is 20.7 Å². The number of nitrogen functional groups attached to an aromatic ring is 2. The summed E-state index contributed by atoms with van der Waals surface area (Å²) in [5, 5.41) is 25.3. The van der Waals surface area contributed by atoms with E-state index in [1.165, 1.54) is 18.2 Å². The van der Waals surface area contributed by atoms with Crippen molar-refractivity contribution in [2.24, 2.45) is 0 Å². The number of nitrogens with two attached hydrogens (primary N) is 2. The normalized spacial score (nSPS) is 13.2. The number of nitrogens with zero attached hydrogens (tertiary/aromatic N) is 2. The molecule has 4 N–H and O–H groups in total. The third kappa shape index (κ3) is 4.74. The van der Waals surface area contributed by atoms with E-state index in [2.05, 4.69) is 0 Å². The Morgan fingerprint density at radius 3 is 1.85 bits per heavy atom. The molecule has 0 amide bonds. The van der Waals surface area contributed by atoms with Gasteiger partial charge >= 0.3 is 0 Å². The summed E-state index contributed by atoms with van der Waals surface area (Å²) in [5.74, 6) is 0. The molecule has 1 aliphatic heterocycles. The molecule has 0 saturated carbocycles. The fourth-order valence-electron chi connectivity index (χ4n) is 2.03. The largest absolute Gasteiger partial charge is 0.393 e. The highest BCUT2D eigenvalue weighted by Gasteiger charge is 2.14. The molecular weight excluding hydrogens is 380 g/mol. The van der Waals surface area contributed by atoms with E-state index in [0.717, 1.165) is 4.90 Å². The number of benzene rings is 2. The van der Waals surface area contributed by atoms with Crippen molar-refractivity contribution in [3.63, 3.8) is 0 Å². The first-order valence-corrected chi connectivity index (χ1v) is 9.02. The first-order chi connectivity index (χ1) is 12.3. The summed E-state index contributed by atoms with van der Waals surface area (Å²) in [6.45, 7) is 0. The first-order valence-electron chi connectivity index (χ1n) is 7.16. The third-order valence-corrected chi connectivity index (χ3v) is 5.40. The molecule has 26 heavy (non-hydrogen) atoms. The maximum Gasteiger partial charge on any atom is 0.293 e. The molecule has 0 atom stereocenters. The van der Waals surface area contributed by atoms with Crippen LogP contribution in [0.15, 0.2) is 64.3 Å². The van der Waals surface area contributed by atoms with Gasteiger partial charge in [0.2, 0.25) is 0 Å². The molecule has 136 valence electrons. The van der Waals surface area contributed by atoms with Crippen LogP contribution in [0.4, 0.5) is 22.7 Å². The van der Waals surface area contributed by atoms with Crippen molar-refractivity contribution in [3.8, 4) is 0 Å². The summed E-state index contributed by atoms with van der Waals surface area (Å²) in [4.78, 5) is 20.9. The van der Waals surface area contributed by atoms with Crippen LogP contribution >= 0.6 is 22.5 Å². The highest BCUT2D eigenvalue weighted by molar-refractivity contribution is 8.22. The van der Waals surface area contributed by atoms with Gasteiger partial charge in [-0.2, -0.15) is 10.9 Å². The summed E-state index contributed by atoms with van der Waals surface area (Å²) >= 11 is 5.50. The molecule has 8 nitrogen and oxygen atoms in total. The van der Waals surface area contributed by atoms with E-state index in [0.29, 0.717) is 5.02 Å². The van der Waals surface area contributed by atoms with Gasteiger partial charge in [-0.25, -0.2) is 0 Å². The summed E-state index contributed by atoms with van der Waals surface area (Å²) in [7, 11) is -0.515. The molecule has 1 heterocycles. The van der Waals surface area contributed by atoms with Crippen molar-refractivity contribution in [1.29, 1.82) is 0 Å². The highest BCUT2D eigenvalue weighted by Crippen LogP contribution is 2.43. The van der Waals surface area contributed by atoms with Gasteiger partial charge in [-0.05, 0) is 35.1 Å². The Bertz CT molecular complexity index is 905. The number of nitro groups is 2. The SMILES string of the molecule is Nc1ccc(Cl)cc1[N+](=O)[O-].Nc1ccc([SH]2C=CC=C2)cc1[N+](=O)[O-]. The van der Waals surface area contributed by atoms with E-state index in [1.54, 1.807) is 12.1 Å². The molecule has 0 spiro atoms. The van der Waals surface area contributed by atoms with Crippen molar-refractivity contribution in [2.45, 2.75) is 4.90 Å². The molecular formula is C16H15ClN4O4S. The molecule has 0 fully saturated rings. The molecule has 0 saturated heterocycles. The topological polar surface area (TPSA) is 138 Å². The fraction of sp³-hybridized carbons (Fsp3) is 0. The number of hydrogen-bond acceptors (Lipinski definition) is 6. The van der Waals surface area contributed by atoms with Crippen LogP contribution in [-0.4, -0.2) is 9.85 Å². The van der Waals surface area contributed by atoms with E-state index in [-0.39, 0.29) is 22.7 Å². The molecule has 0 radical (unpaired) electrons. The van der Waals surface area contributed by atoms with Gasteiger partial charge in [-0.3, -0.25) is 20.2 Å². The Kier molecular flexibility index (Phi) is 6.21. The van der Waals surface area contributed by atoms with Gasteiger partial charge in [-0.1, -0.05) is 23.8 Å². The quantitative estimate of drug-likeness (QED) is 0.305. The summed E-state index contributed by atoms with van der Waals surface area (Å²) < 4.78 is 0. The number of hydrogen-bond donors (Lipinski definition) is 3. The van der Waals surface area contributed by atoms with Crippen LogP contribution in [0, 0.1) is 20.2 Å². The lowest BCUT2D eigenvalue weighted by atomic mass is 10.3. The molecule has 2 aromatic rings. The van der Waals surface area contributed by atoms with Crippen LogP contribution in [0.1, 0.15) is 0 Å². The Hall–Kier alpha value is -3.04. The summed E-state index contributed by atoms with van der Waals surface area (Å²) in [6.07, 6.45) is 3.90. The lowest BCUT2D eigenvalue weighted by molar-refractivity contribution is -0.384. The predicted octanol–water partition coefficient (Wildman–Crippen LogP) is 4.41. The molecule has 2 aromatic carbocycles. The van der Waals surface area contributed by atoms with Crippen LogP contribution in [0.3, 0.4) is 0 Å². The first kappa shape index (κ1) is 19.3. The zero-order valence-corrected chi connectivity index (χ0v) is 14.9. The van der Waals surface area contributed by atoms with Gasteiger partial charge in [0.15, 0.2) is 0 Å². The van der Waals surface area contributed by atoms with E-state index >= 15 is 0 Å². The highest BCUT2D eigenvalue weighted by atomic mass is 35.5. The van der Waals surface area contributed by atoms with Crippen molar-refractivity contribution < 1.29 is 9.85 Å². The number of allylic oxidation sites excluding steroid dienone is 2. The maximum absolute atomic E-state index is 10.7. The lowest BCUT2D eigenvalue weighted by Crippen LogP contribution is -1.95. The van der Waals surface area contributed by atoms with Gasteiger partial charge in [0.05, 0.1) is 9.85 Å². The Balaban J connectivity index is 0.000000197. The lowest BCUT2D eigenvalue weighted by Gasteiger charge is -2.10. The molecule has 0 bridgehead atoms. The van der Waals surface area contributed by atoms with Gasteiger partial charge < -0.3 is 11.5 Å². The smallest absolute Gasteiger partial charge is 0.293 e. The molecule has 0 aliphatic carbocycles. The third-order valence-electron chi connectivity index (χ3n) is 3.30. The van der Waals surface area contributed by atoms with E-state index in [4.69, 9.17) is 23.1 Å². The molecule has 10 heteroatoms. The van der Waals surface area contributed by atoms with Crippen molar-refractivity contribution in [3.05, 3.63) is 84.6 Å². The van der Waals surface area contributed by atoms with Crippen LogP contribution in [0.2, 0.25) is 5.02 Å². The van der Waals surface area contributed by atoms with Crippen LogP contribution in [-0.2, 0) is 0 Å². The molecule has 0 unspecified atom stereocenters. The second-order valence-electron chi connectivity index (χ2n) is 5.05. The van der Waals surface area contributed by atoms with E-state index in [1.807, 2.05) is 29.0 Å². The maximum atomic E-state index is 10.7. The monoisotopic (exact) mass is 394 g/mol.